The van der Waals surface area contributed by atoms with Crippen molar-refractivity contribution in [1.82, 2.24) is 10.2 Å². The molecule has 0 saturated carbocycles. The summed E-state index contributed by atoms with van der Waals surface area (Å²) in [7, 11) is 0. The summed E-state index contributed by atoms with van der Waals surface area (Å²) >= 11 is 0. The van der Waals surface area contributed by atoms with Crippen LogP contribution in [0, 0.1) is 5.92 Å². The summed E-state index contributed by atoms with van der Waals surface area (Å²) in [5, 5.41) is 3.77. The summed E-state index contributed by atoms with van der Waals surface area (Å²) in [4.78, 5) is 2.76. The fourth-order valence-electron chi connectivity index (χ4n) is 3.73. The molecule has 1 aliphatic heterocycles. The SMILES string of the molecule is CCCC(C)(C)N1CC(c2ccccc2)NCC1C(C)C. The fraction of sp³-hybridized carbons (Fsp3) is 0.684. The van der Waals surface area contributed by atoms with Crippen LogP contribution in [0.1, 0.15) is 59.1 Å². The molecule has 0 amide bonds. The molecule has 1 N–H and O–H groups in total. The van der Waals surface area contributed by atoms with E-state index in [-0.39, 0.29) is 5.54 Å². The Morgan fingerprint density at radius 3 is 2.48 bits per heavy atom. The van der Waals surface area contributed by atoms with E-state index in [2.05, 4.69) is 75.2 Å². The van der Waals surface area contributed by atoms with Gasteiger partial charge in [-0.1, -0.05) is 57.5 Å². The van der Waals surface area contributed by atoms with Gasteiger partial charge in [0, 0.05) is 30.7 Å². The lowest BCUT2D eigenvalue weighted by Crippen LogP contribution is -2.61. The van der Waals surface area contributed by atoms with Crippen LogP contribution in [0.2, 0.25) is 0 Å². The second kappa shape index (κ2) is 6.93. The smallest absolute Gasteiger partial charge is 0.0450 e. The van der Waals surface area contributed by atoms with E-state index in [1.807, 2.05) is 0 Å². The topological polar surface area (TPSA) is 15.3 Å². The molecule has 2 rings (SSSR count). The molecule has 21 heavy (non-hydrogen) atoms. The number of hydrogen-bond donors (Lipinski definition) is 1. The summed E-state index contributed by atoms with van der Waals surface area (Å²) in [5.41, 5.74) is 1.69. The molecule has 2 atom stereocenters. The van der Waals surface area contributed by atoms with Crippen LogP contribution in [0.4, 0.5) is 0 Å². The van der Waals surface area contributed by atoms with Gasteiger partial charge in [0.25, 0.3) is 0 Å². The van der Waals surface area contributed by atoms with E-state index in [0.717, 1.165) is 13.1 Å². The molecule has 1 heterocycles. The summed E-state index contributed by atoms with van der Waals surface area (Å²) < 4.78 is 0. The second-order valence-electron chi connectivity index (χ2n) is 7.40. The first-order chi connectivity index (χ1) is 9.95. The van der Waals surface area contributed by atoms with Gasteiger partial charge in [0.05, 0.1) is 0 Å². The Balaban J connectivity index is 2.20. The van der Waals surface area contributed by atoms with E-state index in [9.17, 15) is 0 Å². The maximum Gasteiger partial charge on any atom is 0.0450 e. The summed E-state index contributed by atoms with van der Waals surface area (Å²) in [6.45, 7) is 14.0. The zero-order chi connectivity index (χ0) is 15.5. The number of nitrogens with one attached hydrogen (secondary N) is 1. The molecule has 0 spiro atoms. The lowest BCUT2D eigenvalue weighted by atomic mass is 9.87. The van der Waals surface area contributed by atoms with Gasteiger partial charge >= 0.3 is 0 Å². The number of piperazine rings is 1. The molecule has 2 heteroatoms. The highest BCUT2D eigenvalue weighted by molar-refractivity contribution is 5.20. The van der Waals surface area contributed by atoms with Crippen molar-refractivity contribution in [3.05, 3.63) is 35.9 Å². The monoisotopic (exact) mass is 288 g/mol. The van der Waals surface area contributed by atoms with Gasteiger partial charge < -0.3 is 5.32 Å². The van der Waals surface area contributed by atoms with Gasteiger partial charge in [0.2, 0.25) is 0 Å². The Labute approximate surface area is 130 Å². The van der Waals surface area contributed by atoms with Crippen molar-refractivity contribution in [2.75, 3.05) is 13.1 Å². The molecule has 1 aromatic carbocycles. The zero-order valence-electron chi connectivity index (χ0n) is 14.4. The highest BCUT2D eigenvalue weighted by Gasteiger charge is 2.38. The second-order valence-corrected chi connectivity index (χ2v) is 7.40. The Morgan fingerprint density at radius 2 is 1.90 bits per heavy atom. The Kier molecular flexibility index (Phi) is 5.45. The van der Waals surface area contributed by atoms with Crippen molar-refractivity contribution >= 4 is 0 Å². The first kappa shape index (κ1) is 16.5. The molecule has 118 valence electrons. The number of rotatable bonds is 5. The molecule has 0 aliphatic carbocycles. The van der Waals surface area contributed by atoms with Crippen LogP contribution in [-0.4, -0.2) is 29.6 Å². The average Bonchev–Trinajstić information content (AvgIpc) is 2.47. The number of hydrogen-bond acceptors (Lipinski definition) is 2. The fourth-order valence-corrected chi connectivity index (χ4v) is 3.73. The van der Waals surface area contributed by atoms with E-state index in [1.54, 1.807) is 0 Å². The van der Waals surface area contributed by atoms with Crippen LogP contribution in [0.3, 0.4) is 0 Å². The normalized spacial score (nSPS) is 24.5. The molecule has 2 unspecified atom stereocenters. The van der Waals surface area contributed by atoms with Crippen molar-refractivity contribution in [3.63, 3.8) is 0 Å². The quantitative estimate of drug-likeness (QED) is 0.872. The molecule has 1 saturated heterocycles. The van der Waals surface area contributed by atoms with Crippen LogP contribution in [0.25, 0.3) is 0 Å². The van der Waals surface area contributed by atoms with Crippen molar-refractivity contribution in [1.29, 1.82) is 0 Å². The van der Waals surface area contributed by atoms with Gasteiger partial charge in [-0.05, 0) is 31.7 Å². The third-order valence-corrected chi connectivity index (χ3v) is 4.96. The van der Waals surface area contributed by atoms with Crippen molar-refractivity contribution in [2.45, 2.75) is 65.1 Å². The molecule has 1 aromatic rings. The van der Waals surface area contributed by atoms with Crippen LogP contribution < -0.4 is 5.32 Å². The van der Waals surface area contributed by atoms with E-state index in [0.29, 0.717) is 18.0 Å². The van der Waals surface area contributed by atoms with E-state index < -0.39 is 0 Å². The molecular weight excluding hydrogens is 256 g/mol. The third kappa shape index (κ3) is 3.87. The molecule has 1 fully saturated rings. The molecule has 2 nitrogen and oxygen atoms in total. The van der Waals surface area contributed by atoms with Crippen LogP contribution in [-0.2, 0) is 0 Å². The summed E-state index contributed by atoms with van der Waals surface area (Å²) in [6, 6.07) is 12.0. The lowest BCUT2D eigenvalue weighted by Gasteiger charge is -2.50. The largest absolute Gasteiger partial charge is 0.307 e. The molecule has 0 aromatic heterocycles. The van der Waals surface area contributed by atoms with Gasteiger partial charge in [-0.2, -0.15) is 0 Å². The van der Waals surface area contributed by atoms with Gasteiger partial charge in [-0.3, -0.25) is 4.90 Å². The minimum absolute atomic E-state index is 0.277. The predicted molar refractivity (Wildman–Crippen MR) is 91.5 cm³/mol. The summed E-state index contributed by atoms with van der Waals surface area (Å²) in [5.74, 6) is 0.686. The van der Waals surface area contributed by atoms with E-state index in [1.165, 1.54) is 18.4 Å². The maximum absolute atomic E-state index is 3.77. The minimum atomic E-state index is 0.277. The van der Waals surface area contributed by atoms with Crippen LogP contribution >= 0.6 is 0 Å². The van der Waals surface area contributed by atoms with Gasteiger partial charge in [-0.15, -0.1) is 0 Å². The van der Waals surface area contributed by atoms with Crippen molar-refractivity contribution in [3.8, 4) is 0 Å². The van der Waals surface area contributed by atoms with Crippen LogP contribution in [0.5, 0.6) is 0 Å². The molecular formula is C19H32N2. The van der Waals surface area contributed by atoms with E-state index in [4.69, 9.17) is 0 Å². The summed E-state index contributed by atoms with van der Waals surface area (Å²) in [6.07, 6.45) is 2.51. The maximum atomic E-state index is 3.77. The molecule has 0 bridgehead atoms. The van der Waals surface area contributed by atoms with Gasteiger partial charge in [0.1, 0.15) is 0 Å². The first-order valence-corrected chi connectivity index (χ1v) is 8.50. The minimum Gasteiger partial charge on any atom is -0.307 e. The molecule has 1 aliphatic rings. The molecule has 0 radical (unpaired) electrons. The van der Waals surface area contributed by atoms with E-state index >= 15 is 0 Å². The number of nitrogens with zero attached hydrogens (tertiary/aromatic N) is 1. The Hall–Kier alpha value is -0.860. The average molecular weight is 288 g/mol. The standard InChI is InChI=1S/C19H32N2/c1-6-12-19(4,5)21-14-17(16-10-8-7-9-11-16)20-13-18(21)15(2)3/h7-11,15,17-18,20H,6,12-14H2,1-5H3. The highest BCUT2D eigenvalue weighted by atomic mass is 15.3. The van der Waals surface area contributed by atoms with Crippen LogP contribution in [0.15, 0.2) is 30.3 Å². The van der Waals surface area contributed by atoms with Gasteiger partial charge in [-0.25, -0.2) is 0 Å². The van der Waals surface area contributed by atoms with Crippen molar-refractivity contribution < 1.29 is 0 Å². The first-order valence-electron chi connectivity index (χ1n) is 8.50. The van der Waals surface area contributed by atoms with Crippen molar-refractivity contribution in [2.24, 2.45) is 5.92 Å². The Bertz CT molecular complexity index is 424. The Morgan fingerprint density at radius 1 is 1.24 bits per heavy atom. The van der Waals surface area contributed by atoms with Gasteiger partial charge in [0.15, 0.2) is 0 Å². The lowest BCUT2D eigenvalue weighted by molar-refractivity contribution is 0.00466. The number of benzene rings is 1. The predicted octanol–water partition coefficient (Wildman–Crippen LogP) is 4.24. The zero-order valence-corrected chi connectivity index (χ0v) is 14.4. The highest BCUT2D eigenvalue weighted by Crippen LogP contribution is 2.31. The third-order valence-electron chi connectivity index (χ3n) is 4.96.